The van der Waals surface area contributed by atoms with Gasteiger partial charge >= 0.3 is 0 Å². The molecule has 7 heteroatoms. The summed E-state index contributed by atoms with van der Waals surface area (Å²) in [5.41, 5.74) is 0. The molecule has 1 aliphatic heterocycles. The molecule has 20 heavy (non-hydrogen) atoms. The van der Waals surface area contributed by atoms with Crippen molar-refractivity contribution in [2.45, 2.75) is 17.9 Å². The third-order valence-corrected chi connectivity index (χ3v) is 5.70. The summed E-state index contributed by atoms with van der Waals surface area (Å²) in [6.07, 6.45) is 0. The van der Waals surface area contributed by atoms with Crippen molar-refractivity contribution < 1.29 is 8.42 Å². The Morgan fingerprint density at radius 1 is 1.35 bits per heavy atom. The first-order valence-corrected chi connectivity index (χ1v) is 8.87. The highest BCUT2D eigenvalue weighted by molar-refractivity contribution is 9.10. The summed E-state index contributed by atoms with van der Waals surface area (Å²) < 4.78 is 25.4. The van der Waals surface area contributed by atoms with Gasteiger partial charge in [-0.05, 0) is 31.2 Å². The average molecular weight is 384 g/mol. The fourth-order valence-corrected chi connectivity index (χ4v) is 3.74. The molecular formula is C13H20BrClN2O2S. The van der Waals surface area contributed by atoms with E-state index in [4.69, 9.17) is 0 Å². The maximum Gasteiger partial charge on any atom is 0.179 e. The normalized spacial score (nSPS) is 20.4. The summed E-state index contributed by atoms with van der Waals surface area (Å²) in [5.74, 6) is 0.180. The van der Waals surface area contributed by atoms with Gasteiger partial charge in [0.1, 0.15) is 0 Å². The summed E-state index contributed by atoms with van der Waals surface area (Å²) in [5, 5.41) is 3.30. The lowest BCUT2D eigenvalue weighted by atomic mass is 10.2. The van der Waals surface area contributed by atoms with Gasteiger partial charge in [-0.3, -0.25) is 4.90 Å². The minimum absolute atomic E-state index is 0. The molecule has 0 aliphatic carbocycles. The SMILES string of the molecule is CC1CNCCN1CCS(=O)(=O)c1ccc(Br)cc1.Cl. The first kappa shape index (κ1) is 17.9. The molecule has 1 N–H and O–H groups in total. The minimum Gasteiger partial charge on any atom is -0.314 e. The number of hydrogen-bond donors (Lipinski definition) is 1. The number of nitrogens with one attached hydrogen (secondary N) is 1. The van der Waals surface area contributed by atoms with E-state index in [-0.39, 0.29) is 18.2 Å². The van der Waals surface area contributed by atoms with E-state index in [0.717, 1.165) is 24.1 Å². The van der Waals surface area contributed by atoms with Crippen molar-refractivity contribution in [1.29, 1.82) is 0 Å². The van der Waals surface area contributed by atoms with Crippen molar-refractivity contribution in [1.82, 2.24) is 10.2 Å². The molecule has 0 bridgehead atoms. The number of benzene rings is 1. The zero-order chi connectivity index (χ0) is 13.9. The Balaban J connectivity index is 0.00000200. The van der Waals surface area contributed by atoms with Crippen LogP contribution in [0.15, 0.2) is 33.6 Å². The molecule has 1 fully saturated rings. The first-order valence-electron chi connectivity index (χ1n) is 6.42. The predicted molar refractivity (Wildman–Crippen MR) is 87.3 cm³/mol. The van der Waals surface area contributed by atoms with Crippen LogP contribution in [0.4, 0.5) is 0 Å². The zero-order valence-electron chi connectivity index (χ0n) is 11.4. The topological polar surface area (TPSA) is 49.4 Å². The highest BCUT2D eigenvalue weighted by atomic mass is 79.9. The van der Waals surface area contributed by atoms with E-state index < -0.39 is 9.84 Å². The molecule has 0 saturated carbocycles. The van der Waals surface area contributed by atoms with E-state index in [1.807, 2.05) is 0 Å². The highest BCUT2D eigenvalue weighted by Crippen LogP contribution is 2.16. The Bertz CT molecular complexity index is 522. The Morgan fingerprint density at radius 3 is 2.60 bits per heavy atom. The van der Waals surface area contributed by atoms with Gasteiger partial charge in [-0.25, -0.2) is 8.42 Å². The van der Waals surface area contributed by atoms with Crippen molar-refractivity contribution in [2.24, 2.45) is 0 Å². The second-order valence-corrected chi connectivity index (χ2v) is 7.89. The van der Waals surface area contributed by atoms with Gasteiger partial charge in [0.15, 0.2) is 9.84 Å². The van der Waals surface area contributed by atoms with Gasteiger partial charge < -0.3 is 5.32 Å². The number of nitrogens with zero attached hydrogens (tertiary/aromatic N) is 1. The van der Waals surface area contributed by atoms with Crippen molar-refractivity contribution >= 4 is 38.2 Å². The number of halogens is 2. The number of hydrogen-bond acceptors (Lipinski definition) is 4. The van der Waals surface area contributed by atoms with Crippen LogP contribution in [0.1, 0.15) is 6.92 Å². The van der Waals surface area contributed by atoms with E-state index in [9.17, 15) is 8.42 Å². The largest absolute Gasteiger partial charge is 0.314 e. The van der Waals surface area contributed by atoms with Gasteiger partial charge in [-0.2, -0.15) is 0 Å². The van der Waals surface area contributed by atoms with Crippen LogP contribution < -0.4 is 5.32 Å². The summed E-state index contributed by atoms with van der Waals surface area (Å²) in [6, 6.07) is 7.23. The number of sulfone groups is 1. The molecule has 1 atom stereocenters. The lowest BCUT2D eigenvalue weighted by Crippen LogP contribution is -2.50. The maximum absolute atomic E-state index is 12.2. The first-order chi connectivity index (χ1) is 8.99. The van der Waals surface area contributed by atoms with Crippen LogP contribution in [0, 0.1) is 0 Å². The van der Waals surface area contributed by atoms with Crippen LogP contribution in [-0.2, 0) is 9.84 Å². The summed E-state index contributed by atoms with van der Waals surface area (Å²) in [7, 11) is -3.18. The number of piperazine rings is 1. The smallest absolute Gasteiger partial charge is 0.179 e. The Morgan fingerprint density at radius 2 is 2.00 bits per heavy atom. The lowest BCUT2D eigenvalue weighted by Gasteiger charge is -2.33. The summed E-state index contributed by atoms with van der Waals surface area (Å²) >= 11 is 3.31. The maximum atomic E-state index is 12.2. The molecular weight excluding hydrogens is 364 g/mol. The van der Waals surface area contributed by atoms with Gasteiger partial charge in [-0.1, -0.05) is 15.9 Å². The fourth-order valence-electron chi connectivity index (χ4n) is 2.21. The summed E-state index contributed by atoms with van der Waals surface area (Å²) in [6.45, 7) is 5.50. The minimum atomic E-state index is -3.18. The molecule has 2 rings (SSSR count). The molecule has 0 radical (unpaired) electrons. The fraction of sp³-hybridized carbons (Fsp3) is 0.538. The lowest BCUT2D eigenvalue weighted by molar-refractivity contribution is 0.184. The quantitative estimate of drug-likeness (QED) is 0.863. The molecule has 114 valence electrons. The van der Waals surface area contributed by atoms with Crippen LogP contribution in [0.2, 0.25) is 0 Å². The molecule has 1 aromatic rings. The molecule has 1 aliphatic rings. The van der Waals surface area contributed by atoms with Gasteiger partial charge in [0, 0.05) is 36.7 Å². The standard InChI is InChI=1S/C13H19BrN2O2S.ClH/c1-11-10-15-6-7-16(11)8-9-19(17,18)13-4-2-12(14)3-5-13;/h2-5,11,15H,6-10H2,1H3;1H. The third kappa shape index (κ3) is 4.70. The van der Waals surface area contributed by atoms with Crippen molar-refractivity contribution in [3.8, 4) is 0 Å². The van der Waals surface area contributed by atoms with E-state index >= 15 is 0 Å². The molecule has 1 saturated heterocycles. The van der Waals surface area contributed by atoms with Crippen LogP contribution in [0.25, 0.3) is 0 Å². The predicted octanol–water partition coefficient (Wildman–Crippen LogP) is 1.94. The van der Waals surface area contributed by atoms with Crippen LogP contribution in [0.5, 0.6) is 0 Å². The number of rotatable bonds is 4. The second-order valence-electron chi connectivity index (χ2n) is 4.86. The van der Waals surface area contributed by atoms with Gasteiger partial charge in [-0.15, -0.1) is 12.4 Å². The molecule has 0 aromatic heterocycles. The zero-order valence-corrected chi connectivity index (χ0v) is 14.6. The van der Waals surface area contributed by atoms with Gasteiger partial charge in [0.25, 0.3) is 0 Å². The molecule has 1 aromatic carbocycles. The van der Waals surface area contributed by atoms with Crippen molar-refractivity contribution in [2.75, 3.05) is 31.9 Å². The van der Waals surface area contributed by atoms with E-state index in [1.165, 1.54) is 0 Å². The Kier molecular flexibility index (Phi) is 6.94. The molecule has 1 heterocycles. The van der Waals surface area contributed by atoms with Crippen molar-refractivity contribution in [3.05, 3.63) is 28.7 Å². The monoisotopic (exact) mass is 382 g/mol. The van der Waals surface area contributed by atoms with Gasteiger partial charge in [0.05, 0.1) is 10.6 Å². The highest BCUT2D eigenvalue weighted by Gasteiger charge is 2.21. The summed E-state index contributed by atoms with van der Waals surface area (Å²) in [4.78, 5) is 2.63. The molecule has 0 spiro atoms. The van der Waals surface area contributed by atoms with Crippen LogP contribution in [-0.4, -0.2) is 51.3 Å². The van der Waals surface area contributed by atoms with Crippen LogP contribution >= 0.6 is 28.3 Å². The second kappa shape index (κ2) is 7.75. The van der Waals surface area contributed by atoms with Gasteiger partial charge in [0.2, 0.25) is 0 Å². The molecule has 1 unspecified atom stereocenters. The van der Waals surface area contributed by atoms with Crippen LogP contribution in [0.3, 0.4) is 0 Å². The van der Waals surface area contributed by atoms with E-state index in [0.29, 0.717) is 17.5 Å². The average Bonchev–Trinajstić information content (AvgIpc) is 2.38. The molecule has 4 nitrogen and oxygen atoms in total. The molecule has 0 amide bonds. The van der Waals surface area contributed by atoms with E-state index in [2.05, 4.69) is 33.1 Å². The third-order valence-electron chi connectivity index (χ3n) is 3.46. The van der Waals surface area contributed by atoms with Crippen molar-refractivity contribution in [3.63, 3.8) is 0 Å². The Labute approximate surface area is 135 Å². The van der Waals surface area contributed by atoms with E-state index in [1.54, 1.807) is 24.3 Å². The Hall–Kier alpha value is -0.140.